The lowest BCUT2D eigenvalue weighted by atomic mass is 10.0. The molecule has 1 fully saturated rings. The second-order valence-electron chi connectivity index (χ2n) is 11.9. The van der Waals surface area contributed by atoms with Crippen molar-refractivity contribution in [3.05, 3.63) is 65.2 Å². The fourth-order valence-corrected chi connectivity index (χ4v) is 5.04. The van der Waals surface area contributed by atoms with Crippen molar-refractivity contribution >= 4 is 35.4 Å². The molecule has 15 heteroatoms. The maximum Gasteiger partial charge on any atom is 0.257 e. The molecule has 1 heterocycles. The molecule has 4 atom stereocenters. The van der Waals surface area contributed by atoms with E-state index in [4.69, 9.17) is 4.74 Å². The van der Waals surface area contributed by atoms with Crippen LogP contribution in [-0.4, -0.2) is 91.8 Å². The van der Waals surface area contributed by atoms with Gasteiger partial charge >= 0.3 is 0 Å². The Kier molecular flexibility index (Phi) is 13.4. The van der Waals surface area contributed by atoms with Gasteiger partial charge in [0.25, 0.3) is 5.91 Å². The van der Waals surface area contributed by atoms with Crippen LogP contribution in [0.3, 0.4) is 0 Å². The summed E-state index contributed by atoms with van der Waals surface area (Å²) in [6, 6.07) is 5.83. The molecule has 2 aromatic rings. The summed E-state index contributed by atoms with van der Waals surface area (Å²) < 4.78 is 34.1. The van der Waals surface area contributed by atoms with Crippen LogP contribution in [0.1, 0.15) is 49.5 Å². The van der Waals surface area contributed by atoms with E-state index >= 15 is 0 Å². The van der Waals surface area contributed by atoms with Crippen LogP contribution in [0.2, 0.25) is 0 Å². The van der Waals surface area contributed by atoms with E-state index in [0.717, 1.165) is 17.7 Å². The molecule has 0 spiro atoms. The smallest absolute Gasteiger partial charge is 0.257 e. The van der Waals surface area contributed by atoms with Gasteiger partial charge in [0, 0.05) is 32.1 Å². The number of halogens is 2. The Morgan fingerprint density at radius 1 is 0.979 bits per heavy atom. The lowest BCUT2D eigenvalue weighted by Crippen LogP contribution is -2.59. The third kappa shape index (κ3) is 10.2. The van der Waals surface area contributed by atoms with Gasteiger partial charge in [-0.25, -0.2) is 8.78 Å². The molecule has 2 aromatic carbocycles. The van der Waals surface area contributed by atoms with Crippen LogP contribution in [0.5, 0.6) is 5.75 Å². The molecule has 1 aliphatic rings. The molecule has 13 nitrogen and oxygen atoms in total. The van der Waals surface area contributed by atoms with E-state index in [9.17, 15) is 37.5 Å². The van der Waals surface area contributed by atoms with E-state index in [-0.39, 0.29) is 38.1 Å². The molecule has 0 bridgehead atoms. The van der Waals surface area contributed by atoms with Gasteiger partial charge in [-0.3, -0.25) is 28.8 Å². The van der Waals surface area contributed by atoms with Crippen molar-refractivity contribution in [2.45, 2.75) is 64.2 Å². The van der Waals surface area contributed by atoms with E-state index in [2.05, 4.69) is 26.6 Å². The summed E-state index contributed by atoms with van der Waals surface area (Å²) in [5, 5.41) is 12.8. The Balaban J connectivity index is 1.88. The molecule has 1 aliphatic heterocycles. The van der Waals surface area contributed by atoms with Gasteiger partial charge in [0.2, 0.25) is 29.5 Å². The Morgan fingerprint density at radius 2 is 1.62 bits per heavy atom. The van der Waals surface area contributed by atoms with Crippen LogP contribution < -0.4 is 31.3 Å². The quantitative estimate of drug-likeness (QED) is 0.302. The Bertz CT molecular complexity index is 1480. The van der Waals surface area contributed by atoms with Crippen molar-refractivity contribution in [1.29, 1.82) is 0 Å². The van der Waals surface area contributed by atoms with Gasteiger partial charge in [-0.1, -0.05) is 44.2 Å². The Morgan fingerprint density at radius 3 is 2.23 bits per heavy atom. The van der Waals surface area contributed by atoms with Crippen molar-refractivity contribution in [3.8, 4) is 5.75 Å². The van der Waals surface area contributed by atoms with Crippen molar-refractivity contribution in [1.82, 2.24) is 31.5 Å². The third-order valence-corrected chi connectivity index (χ3v) is 7.75. The minimum absolute atomic E-state index is 0.0154. The van der Waals surface area contributed by atoms with Crippen molar-refractivity contribution in [3.63, 3.8) is 0 Å². The molecule has 1 saturated heterocycles. The number of hydrogen-bond donors (Lipinski definition) is 5. The predicted molar refractivity (Wildman–Crippen MR) is 170 cm³/mol. The van der Waals surface area contributed by atoms with Gasteiger partial charge in [0.15, 0.2) is 0 Å². The Hall–Kier alpha value is -5.08. The molecule has 0 aromatic heterocycles. The summed E-state index contributed by atoms with van der Waals surface area (Å²) in [6.07, 6.45) is 0.147. The van der Waals surface area contributed by atoms with E-state index in [0.29, 0.717) is 0 Å². The SMILES string of the molecule is COc1cc(F)c(C(=O)N[C@H]2CCCNC(=O)CN(C)C(=O)[C@H](Cc3ccccc3)NC(=O)[C@@H](C)NC(=O)[C@@H](C(C)C)NC2=O)c(F)c1. The number of benzene rings is 2. The first-order valence-corrected chi connectivity index (χ1v) is 15.5. The highest BCUT2D eigenvalue weighted by Crippen LogP contribution is 2.21. The minimum Gasteiger partial charge on any atom is -0.497 e. The van der Waals surface area contributed by atoms with Crippen LogP contribution in [0.15, 0.2) is 42.5 Å². The van der Waals surface area contributed by atoms with Crippen LogP contribution in [0, 0.1) is 17.6 Å². The van der Waals surface area contributed by atoms with Gasteiger partial charge < -0.3 is 36.2 Å². The summed E-state index contributed by atoms with van der Waals surface area (Å²) in [5.74, 6) is -7.58. The molecule has 3 rings (SSSR count). The van der Waals surface area contributed by atoms with Gasteiger partial charge in [-0.2, -0.15) is 0 Å². The average Bonchev–Trinajstić information content (AvgIpc) is 3.03. The number of amides is 6. The van der Waals surface area contributed by atoms with Crippen LogP contribution >= 0.6 is 0 Å². The van der Waals surface area contributed by atoms with Crippen molar-refractivity contribution in [2.75, 3.05) is 27.2 Å². The fraction of sp³-hybridized carbons (Fsp3) is 0.455. The zero-order valence-electron chi connectivity index (χ0n) is 27.5. The molecule has 5 N–H and O–H groups in total. The molecule has 48 heavy (non-hydrogen) atoms. The molecular weight excluding hydrogens is 630 g/mol. The van der Waals surface area contributed by atoms with E-state index in [1.54, 1.807) is 38.1 Å². The number of nitrogens with one attached hydrogen (secondary N) is 5. The maximum atomic E-state index is 14.7. The number of ether oxygens (including phenoxy) is 1. The zero-order valence-corrected chi connectivity index (χ0v) is 27.5. The summed E-state index contributed by atoms with van der Waals surface area (Å²) >= 11 is 0. The van der Waals surface area contributed by atoms with E-state index < -0.39 is 82.7 Å². The van der Waals surface area contributed by atoms with Crippen LogP contribution in [0.25, 0.3) is 0 Å². The minimum atomic E-state index is -1.38. The summed E-state index contributed by atoms with van der Waals surface area (Å²) in [7, 11) is 2.61. The van der Waals surface area contributed by atoms with Crippen LogP contribution in [-0.2, 0) is 30.4 Å². The highest BCUT2D eigenvalue weighted by molar-refractivity contribution is 5.99. The maximum absolute atomic E-state index is 14.7. The lowest BCUT2D eigenvalue weighted by Gasteiger charge is -2.28. The van der Waals surface area contributed by atoms with Crippen molar-refractivity contribution in [2.24, 2.45) is 5.92 Å². The van der Waals surface area contributed by atoms with Gasteiger partial charge in [0.05, 0.1) is 13.7 Å². The van der Waals surface area contributed by atoms with Crippen molar-refractivity contribution < 1.29 is 42.3 Å². The number of rotatable bonds is 6. The third-order valence-electron chi connectivity index (χ3n) is 7.75. The first kappa shape index (κ1) is 37.4. The molecule has 0 saturated carbocycles. The molecule has 0 radical (unpaired) electrons. The van der Waals surface area contributed by atoms with Crippen LogP contribution in [0.4, 0.5) is 8.78 Å². The monoisotopic (exact) mass is 672 g/mol. The summed E-state index contributed by atoms with van der Waals surface area (Å²) in [6.45, 7) is 4.38. The molecular formula is C33H42F2N6O7. The molecule has 6 amide bonds. The van der Waals surface area contributed by atoms with Gasteiger partial charge in [-0.15, -0.1) is 0 Å². The number of carbonyl (C=O) groups excluding carboxylic acids is 6. The lowest BCUT2D eigenvalue weighted by molar-refractivity contribution is -0.139. The van der Waals surface area contributed by atoms with Gasteiger partial charge in [0.1, 0.15) is 47.1 Å². The first-order valence-electron chi connectivity index (χ1n) is 15.5. The predicted octanol–water partition coefficient (Wildman–Crippen LogP) is 0.813. The van der Waals surface area contributed by atoms with E-state index in [1.165, 1.54) is 26.0 Å². The number of hydrogen-bond acceptors (Lipinski definition) is 7. The number of methoxy groups -OCH3 is 1. The zero-order chi connectivity index (χ0) is 35.5. The first-order chi connectivity index (χ1) is 22.7. The molecule has 260 valence electrons. The summed E-state index contributed by atoms with van der Waals surface area (Å²) in [5.41, 5.74) is -0.179. The second kappa shape index (κ2) is 17.2. The van der Waals surface area contributed by atoms with E-state index in [1.807, 2.05) is 6.07 Å². The Labute approximate surface area is 277 Å². The highest BCUT2D eigenvalue weighted by atomic mass is 19.1. The largest absolute Gasteiger partial charge is 0.497 e. The highest BCUT2D eigenvalue weighted by Gasteiger charge is 2.33. The normalized spacial score (nSPS) is 22.1. The number of nitrogens with zero attached hydrogens (tertiary/aromatic N) is 1. The number of carbonyl (C=O) groups is 6. The summed E-state index contributed by atoms with van der Waals surface area (Å²) in [4.78, 5) is 80.4. The average molecular weight is 673 g/mol. The molecule has 0 aliphatic carbocycles. The molecule has 0 unspecified atom stereocenters. The second-order valence-corrected chi connectivity index (χ2v) is 11.9. The standard InChI is InChI=1S/C33H42F2N6O7/c1-18(2)28-32(46)37-19(3)29(43)39-25(14-20-10-7-6-8-11-20)33(47)41(4)17-26(42)36-13-9-12-24(30(44)40-28)38-31(45)27-22(34)15-21(48-5)16-23(27)35/h6-8,10-11,15-16,18-19,24-25,28H,9,12-14,17H2,1-5H3,(H,36,42)(H,37,46)(H,38,45)(H,39,43)(H,40,44)/t19-,24+,25+,28-/m1/s1. The fourth-order valence-electron chi connectivity index (χ4n) is 5.04. The topological polar surface area (TPSA) is 175 Å². The number of likely N-dealkylation sites (N-methyl/N-ethyl adjacent to an activating group) is 1. The van der Waals surface area contributed by atoms with Gasteiger partial charge in [-0.05, 0) is 31.2 Å².